The largest absolute Gasteiger partial charge is 0.444 e. The summed E-state index contributed by atoms with van der Waals surface area (Å²) in [7, 11) is 0. The highest BCUT2D eigenvalue weighted by molar-refractivity contribution is 5.68. The normalized spacial score (nSPS) is 36.0. The smallest absolute Gasteiger partial charge is 0.407 e. The highest BCUT2D eigenvalue weighted by Gasteiger charge is 2.55. The van der Waals surface area contributed by atoms with Crippen LogP contribution in [0.2, 0.25) is 0 Å². The second kappa shape index (κ2) is 4.70. The van der Waals surface area contributed by atoms with E-state index in [0.29, 0.717) is 6.42 Å². The minimum absolute atomic E-state index is 0.0233. The molecule has 3 atom stereocenters. The molecule has 2 rings (SSSR count). The molecule has 5 nitrogen and oxygen atoms in total. The first kappa shape index (κ1) is 13.6. The molecular weight excluding hydrogens is 232 g/mol. The zero-order chi connectivity index (χ0) is 13.4. The summed E-state index contributed by atoms with van der Waals surface area (Å²) < 4.78 is 5.26. The van der Waals surface area contributed by atoms with Crippen LogP contribution in [0.1, 0.15) is 40.0 Å². The fourth-order valence-electron chi connectivity index (χ4n) is 2.95. The minimum Gasteiger partial charge on any atom is -0.444 e. The van der Waals surface area contributed by atoms with E-state index < -0.39 is 5.60 Å². The number of carbonyl (C=O) groups excluding carboxylic acids is 1. The van der Waals surface area contributed by atoms with Crippen molar-refractivity contribution in [1.82, 2.24) is 10.6 Å². The van der Waals surface area contributed by atoms with Crippen molar-refractivity contribution in [2.75, 3.05) is 13.1 Å². The minimum atomic E-state index is -0.482. The molecule has 104 valence electrons. The maximum Gasteiger partial charge on any atom is 0.407 e. The standard InChI is InChI=1S/C13H24N2O3/c1-12(2,3)18-11(17)15-9-7-10(16)13(9)5-4-6-14-8-13/h9-10,14,16H,4-8H2,1-3H3,(H,15,17). The van der Waals surface area contributed by atoms with Gasteiger partial charge in [0, 0.05) is 18.0 Å². The van der Waals surface area contributed by atoms with Crippen LogP contribution in [0.5, 0.6) is 0 Å². The van der Waals surface area contributed by atoms with Gasteiger partial charge in [-0.05, 0) is 46.6 Å². The summed E-state index contributed by atoms with van der Waals surface area (Å²) in [6.07, 6.45) is 1.93. The molecule has 1 amide bonds. The van der Waals surface area contributed by atoms with Crippen LogP contribution in [0.4, 0.5) is 4.79 Å². The summed E-state index contributed by atoms with van der Waals surface area (Å²) in [6.45, 7) is 7.31. The van der Waals surface area contributed by atoms with Gasteiger partial charge in [0.05, 0.1) is 6.10 Å². The third-order valence-corrected chi connectivity index (χ3v) is 3.96. The lowest BCUT2D eigenvalue weighted by atomic mass is 9.58. The molecule has 1 aliphatic heterocycles. The van der Waals surface area contributed by atoms with Crippen LogP contribution in [0.15, 0.2) is 0 Å². The van der Waals surface area contributed by atoms with E-state index in [4.69, 9.17) is 4.74 Å². The average Bonchev–Trinajstić information content (AvgIpc) is 2.27. The van der Waals surface area contributed by atoms with Crippen molar-refractivity contribution < 1.29 is 14.6 Å². The Morgan fingerprint density at radius 1 is 1.50 bits per heavy atom. The highest BCUT2D eigenvalue weighted by atomic mass is 16.6. The molecule has 0 aromatic carbocycles. The first-order valence-corrected chi connectivity index (χ1v) is 6.72. The molecule has 5 heteroatoms. The van der Waals surface area contributed by atoms with Gasteiger partial charge in [-0.3, -0.25) is 0 Å². The number of amides is 1. The Balaban J connectivity index is 1.92. The molecule has 18 heavy (non-hydrogen) atoms. The van der Waals surface area contributed by atoms with E-state index in [1.165, 1.54) is 0 Å². The van der Waals surface area contributed by atoms with Crippen LogP contribution < -0.4 is 10.6 Å². The van der Waals surface area contributed by atoms with Gasteiger partial charge in [0.2, 0.25) is 0 Å². The Hall–Kier alpha value is -0.810. The summed E-state index contributed by atoms with van der Waals surface area (Å²) in [5, 5.41) is 16.2. The molecule has 1 aliphatic carbocycles. The second-order valence-electron chi connectivity index (χ2n) is 6.46. The number of ether oxygens (including phenoxy) is 1. The number of aliphatic hydroxyl groups is 1. The van der Waals surface area contributed by atoms with E-state index in [-0.39, 0.29) is 23.7 Å². The van der Waals surface area contributed by atoms with Crippen LogP contribution in [0.3, 0.4) is 0 Å². The van der Waals surface area contributed by atoms with E-state index in [9.17, 15) is 9.90 Å². The lowest BCUT2D eigenvalue weighted by molar-refractivity contribution is -0.108. The molecule has 3 N–H and O–H groups in total. The number of rotatable bonds is 1. The van der Waals surface area contributed by atoms with Gasteiger partial charge < -0.3 is 20.5 Å². The Kier molecular flexibility index (Phi) is 3.56. The first-order chi connectivity index (χ1) is 8.33. The van der Waals surface area contributed by atoms with Gasteiger partial charge in [-0.15, -0.1) is 0 Å². The molecule has 2 fully saturated rings. The van der Waals surface area contributed by atoms with Crippen LogP contribution in [-0.2, 0) is 4.74 Å². The number of aliphatic hydroxyl groups excluding tert-OH is 1. The van der Waals surface area contributed by atoms with E-state index in [1.807, 2.05) is 20.8 Å². The Morgan fingerprint density at radius 3 is 2.72 bits per heavy atom. The summed E-state index contributed by atoms with van der Waals surface area (Å²) in [4.78, 5) is 11.8. The Bertz CT molecular complexity index is 319. The summed E-state index contributed by atoms with van der Waals surface area (Å²) in [5.74, 6) is 0. The Labute approximate surface area is 108 Å². The number of carbonyl (C=O) groups is 1. The van der Waals surface area contributed by atoms with Crippen molar-refractivity contribution in [3.63, 3.8) is 0 Å². The van der Waals surface area contributed by atoms with Gasteiger partial charge in [-0.1, -0.05) is 0 Å². The van der Waals surface area contributed by atoms with Crippen LogP contribution in [0, 0.1) is 5.41 Å². The van der Waals surface area contributed by atoms with Gasteiger partial charge in [0.15, 0.2) is 0 Å². The van der Waals surface area contributed by atoms with E-state index in [2.05, 4.69) is 10.6 Å². The molecule has 2 aliphatic rings. The quantitative estimate of drug-likeness (QED) is 0.655. The molecule has 1 saturated carbocycles. The van der Waals surface area contributed by atoms with Crippen LogP contribution in [0.25, 0.3) is 0 Å². The fourth-order valence-corrected chi connectivity index (χ4v) is 2.95. The zero-order valence-corrected chi connectivity index (χ0v) is 11.5. The molecular formula is C13H24N2O3. The predicted molar refractivity (Wildman–Crippen MR) is 68.3 cm³/mol. The third-order valence-electron chi connectivity index (χ3n) is 3.96. The number of hydrogen-bond donors (Lipinski definition) is 3. The summed E-state index contributed by atoms with van der Waals surface area (Å²) >= 11 is 0. The van der Waals surface area contributed by atoms with Crippen molar-refractivity contribution in [2.24, 2.45) is 5.41 Å². The van der Waals surface area contributed by atoms with E-state index >= 15 is 0 Å². The summed E-state index contributed by atoms with van der Waals surface area (Å²) in [5.41, 5.74) is -0.667. The van der Waals surface area contributed by atoms with Crippen LogP contribution >= 0.6 is 0 Å². The molecule has 0 bridgehead atoms. The maximum absolute atomic E-state index is 11.8. The first-order valence-electron chi connectivity index (χ1n) is 6.72. The van der Waals surface area contributed by atoms with Gasteiger partial charge in [0.1, 0.15) is 5.60 Å². The number of alkyl carbamates (subject to hydrolysis) is 1. The number of hydrogen-bond acceptors (Lipinski definition) is 4. The predicted octanol–water partition coefficient (Wildman–Crippen LogP) is 1.01. The van der Waals surface area contributed by atoms with Crippen molar-refractivity contribution in [1.29, 1.82) is 0 Å². The SMILES string of the molecule is CC(C)(C)OC(=O)NC1CC(O)C12CCCNC2. The van der Waals surface area contributed by atoms with Gasteiger partial charge in [-0.25, -0.2) is 4.79 Å². The van der Waals surface area contributed by atoms with Gasteiger partial charge >= 0.3 is 6.09 Å². The van der Waals surface area contributed by atoms with E-state index in [1.54, 1.807) is 0 Å². The molecule has 0 radical (unpaired) electrons. The number of piperidine rings is 1. The molecule has 1 saturated heterocycles. The van der Waals surface area contributed by atoms with Gasteiger partial charge in [0.25, 0.3) is 0 Å². The van der Waals surface area contributed by atoms with Gasteiger partial charge in [-0.2, -0.15) is 0 Å². The molecule has 0 aromatic rings. The van der Waals surface area contributed by atoms with E-state index in [0.717, 1.165) is 25.9 Å². The molecule has 1 heterocycles. The topological polar surface area (TPSA) is 70.6 Å². The van der Waals surface area contributed by atoms with Crippen molar-refractivity contribution in [3.05, 3.63) is 0 Å². The molecule has 3 unspecified atom stereocenters. The lowest BCUT2D eigenvalue weighted by Crippen LogP contribution is -2.69. The molecule has 1 spiro atoms. The maximum atomic E-state index is 11.8. The second-order valence-corrected chi connectivity index (χ2v) is 6.46. The monoisotopic (exact) mass is 256 g/mol. The fraction of sp³-hybridized carbons (Fsp3) is 0.923. The summed E-state index contributed by atoms with van der Waals surface area (Å²) in [6, 6.07) is 0.0233. The zero-order valence-electron chi connectivity index (χ0n) is 11.5. The van der Waals surface area contributed by atoms with Crippen molar-refractivity contribution in [2.45, 2.75) is 57.8 Å². The van der Waals surface area contributed by atoms with Crippen LogP contribution in [-0.4, -0.2) is 42.0 Å². The third kappa shape index (κ3) is 2.62. The van der Waals surface area contributed by atoms with Crippen molar-refractivity contribution >= 4 is 6.09 Å². The molecule has 0 aromatic heterocycles. The number of nitrogens with one attached hydrogen (secondary N) is 2. The lowest BCUT2D eigenvalue weighted by Gasteiger charge is -2.55. The average molecular weight is 256 g/mol. The highest BCUT2D eigenvalue weighted by Crippen LogP contribution is 2.46. The Morgan fingerprint density at radius 2 is 2.22 bits per heavy atom. The van der Waals surface area contributed by atoms with Crippen molar-refractivity contribution in [3.8, 4) is 0 Å².